The van der Waals surface area contributed by atoms with E-state index in [1.54, 1.807) is 0 Å². The van der Waals surface area contributed by atoms with Gasteiger partial charge in [-0.25, -0.2) is 4.98 Å². The molecule has 116 valence electrons. The second kappa shape index (κ2) is 6.55. The van der Waals surface area contributed by atoms with Crippen molar-refractivity contribution in [3.8, 4) is 18.1 Å². The molecule has 0 aliphatic heterocycles. The Morgan fingerprint density at radius 2 is 1.96 bits per heavy atom. The van der Waals surface area contributed by atoms with Gasteiger partial charge in [0.25, 0.3) is 0 Å². The molecule has 0 aliphatic carbocycles. The third kappa shape index (κ3) is 3.05. The molecular weight excluding hydrogens is 288 g/mol. The molecule has 0 saturated heterocycles. The largest absolute Gasteiger partial charge is 0.485 e. The van der Waals surface area contributed by atoms with Crippen molar-refractivity contribution in [2.75, 3.05) is 0 Å². The molecule has 0 spiro atoms. The number of benzene rings is 1. The summed E-state index contributed by atoms with van der Waals surface area (Å²) in [6.45, 7) is 2.45. The molecule has 1 aromatic carbocycles. The maximum absolute atomic E-state index is 9.07. The summed E-state index contributed by atoms with van der Waals surface area (Å²) in [5.74, 6) is 3.40. The molecular formula is C19H18N2O2. The van der Waals surface area contributed by atoms with Gasteiger partial charge in [0.2, 0.25) is 0 Å². The maximum Gasteiger partial charge on any atom is 0.180 e. The third-order valence-corrected chi connectivity index (χ3v) is 3.78. The number of ether oxygens (including phenoxy) is 1. The average Bonchev–Trinajstić information content (AvgIpc) is 2.90. The molecule has 4 nitrogen and oxygen atoms in total. The standard InChI is InChI=1S/C19H18N2O2/c1-3-5-17-14(2)20-19-18(6-4-11-21(17)19)23-13-16-9-7-15(12-22)8-10-16/h1,4,6-11,22H,5,12-13H2,2H3. The summed E-state index contributed by atoms with van der Waals surface area (Å²) >= 11 is 0. The van der Waals surface area contributed by atoms with Crippen molar-refractivity contribution in [2.45, 2.75) is 26.6 Å². The molecule has 0 aliphatic rings. The number of fused-ring (bicyclic) bond motifs is 1. The van der Waals surface area contributed by atoms with E-state index in [-0.39, 0.29) is 6.61 Å². The fourth-order valence-electron chi connectivity index (χ4n) is 2.53. The molecule has 23 heavy (non-hydrogen) atoms. The van der Waals surface area contributed by atoms with Crippen molar-refractivity contribution in [1.82, 2.24) is 9.38 Å². The Balaban J connectivity index is 1.85. The maximum atomic E-state index is 9.07. The molecule has 1 N–H and O–H groups in total. The lowest BCUT2D eigenvalue weighted by atomic mass is 10.1. The summed E-state index contributed by atoms with van der Waals surface area (Å²) in [6.07, 6.45) is 7.93. The minimum absolute atomic E-state index is 0.0474. The van der Waals surface area contributed by atoms with Crippen molar-refractivity contribution in [3.05, 3.63) is 65.1 Å². The van der Waals surface area contributed by atoms with Gasteiger partial charge in [-0.3, -0.25) is 4.40 Å². The highest BCUT2D eigenvalue weighted by molar-refractivity contribution is 5.56. The predicted octanol–water partition coefficient (Wildman–Crippen LogP) is 2.89. The number of pyridine rings is 1. The van der Waals surface area contributed by atoms with Crippen LogP contribution in [0.3, 0.4) is 0 Å². The first-order chi connectivity index (χ1) is 11.2. The van der Waals surface area contributed by atoms with E-state index in [4.69, 9.17) is 16.3 Å². The van der Waals surface area contributed by atoms with E-state index < -0.39 is 0 Å². The molecule has 0 fully saturated rings. The zero-order chi connectivity index (χ0) is 16.2. The normalized spacial score (nSPS) is 10.7. The van der Waals surface area contributed by atoms with Crippen LogP contribution in [0.2, 0.25) is 0 Å². The lowest BCUT2D eigenvalue weighted by Gasteiger charge is -2.08. The van der Waals surface area contributed by atoms with Gasteiger partial charge in [0.1, 0.15) is 6.61 Å². The number of terminal acetylenes is 1. The summed E-state index contributed by atoms with van der Waals surface area (Å²) < 4.78 is 7.91. The second-order valence-electron chi connectivity index (χ2n) is 5.35. The van der Waals surface area contributed by atoms with E-state index in [0.717, 1.165) is 33.9 Å². The Bertz CT molecular complexity index is 857. The van der Waals surface area contributed by atoms with Crippen LogP contribution in [0.15, 0.2) is 42.6 Å². The van der Waals surface area contributed by atoms with Crippen molar-refractivity contribution < 1.29 is 9.84 Å². The monoisotopic (exact) mass is 306 g/mol. The van der Waals surface area contributed by atoms with E-state index in [1.165, 1.54) is 0 Å². The van der Waals surface area contributed by atoms with E-state index in [1.807, 2.05) is 53.9 Å². The first kappa shape index (κ1) is 15.1. The van der Waals surface area contributed by atoms with Crippen LogP contribution in [-0.2, 0) is 19.6 Å². The Morgan fingerprint density at radius 3 is 2.65 bits per heavy atom. The van der Waals surface area contributed by atoms with Gasteiger partial charge in [0, 0.05) is 6.20 Å². The molecule has 2 aromatic heterocycles. The molecule has 3 aromatic rings. The minimum atomic E-state index is 0.0474. The van der Waals surface area contributed by atoms with Gasteiger partial charge in [0.15, 0.2) is 11.4 Å². The van der Waals surface area contributed by atoms with Gasteiger partial charge in [-0.1, -0.05) is 24.3 Å². The number of imidazole rings is 1. The molecule has 0 atom stereocenters. The Labute approximate surface area is 135 Å². The number of rotatable bonds is 5. The van der Waals surface area contributed by atoms with Gasteiger partial charge in [-0.15, -0.1) is 12.3 Å². The van der Waals surface area contributed by atoms with Crippen LogP contribution in [0.1, 0.15) is 22.5 Å². The molecule has 4 heteroatoms. The summed E-state index contributed by atoms with van der Waals surface area (Å²) in [5, 5.41) is 9.07. The molecule has 0 saturated carbocycles. The van der Waals surface area contributed by atoms with Crippen molar-refractivity contribution in [3.63, 3.8) is 0 Å². The SMILES string of the molecule is C#CCc1c(C)nc2c(OCc3ccc(CO)cc3)cccn12. The number of aromatic nitrogens is 2. The molecule has 0 unspecified atom stereocenters. The molecule has 0 bridgehead atoms. The van der Waals surface area contributed by atoms with Gasteiger partial charge in [-0.05, 0) is 30.2 Å². The molecule has 0 radical (unpaired) electrons. The van der Waals surface area contributed by atoms with E-state index >= 15 is 0 Å². The van der Waals surface area contributed by atoms with E-state index in [9.17, 15) is 0 Å². The van der Waals surface area contributed by atoms with Crippen LogP contribution in [0.5, 0.6) is 5.75 Å². The van der Waals surface area contributed by atoms with Crippen LogP contribution in [0.4, 0.5) is 0 Å². The van der Waals surface area contributed by atoms with Crippen LogP contribution in [0.25, 0.3) is 5.65 Å². The fourth-order valence-corrected chi connectivity index (χ4v) is 2.53. The number of hydrogen-bond acceptors (Lipinski definition) is 3. The molecule has 2 heterocycles. The molecule has 0 amide bonds. The number of nitrogens with zero attached hydrogens (tertiary/aromatic N) is 2. The van der Waals surface area contributed by atoms with Gasteiger partial charge in [-0.2, -0.15) is 0 Å². The first-order valence-electron chi connectivity index (χ1n) is 7.44. The van der Waals surface area contributed by atoms with Crippen LogP contribution in [0, 0.1) is 19.3 Å². The molecule has 3 rings (SSSR count). The summed E-state index contributed by atoms with van der Waals surface area (Å²) in [5.41, 5.74) is 4.64. The van der Waals surface area contributed by atoms with Gasteiger partial charge < -0.3 is 9.84 Å². The second-order valence-corrected chi connectivity index (χ2v) is 5.35. The van der Waals surface area contributed by atoms with Gasteiger partial charge >= 0.3 is 0 Å². The highest BCUT2D eigenvalue weighted by atomic mass is 16.5. The highest BCUT2D eigenvalue weighted by Gasteiger charge is 2.11. The Morgan fingerprint density at radius 1 is 1.22 bits per heavy atom. The van der Waals surface area contributed by atoms with Crippen LogP contribution < -0.4 is 4.74 Å². The van der Waals surface area contributed by atoms with Crippen molar-refractivity contribution in [1.29, 1.82) is 0 Å². The fraction of sp³-hybridized carbons (Fsp3) is 0.211. The third-order valence-electron chi connectivity index (χ3n) is 3.78. The lowest BCUT2D eigenvalue weighted by molar-refractivity contribution is 0.281. The number of aryl methyl sites for hydroxylation is 1. The zero-order valence-electron chi connectivity index (χ0n) is 13.0. The number of aliphatic hydroxyl groups excluding tert-OH is 1. The van der Waals surface area contributed by atoms with Crippen molar-refractivity contribution in [2.24, 2.45) is 0 Å². The highest BCUT2D eigenvalue weighted by Crippen LogP contribution is 2.23. The van der Waals surface area contributed by atoms with Crippen molar-refractivity contribution >= 4 is 5.65 Å². The number of aliphatic hydroxyl groups is 1. The Hall–Kier alpha value is -2.77. The predicted molar refractivity (Wildman–Crippen MR) is 89.2 cm³/mol. The summed E-state index contributed by atoms with van der Waals surface area (Å²) in [6, 6.07) is 11.5. The zero-order valence-corrected chi connectivity index (χ0v) is 13.0. The topological polar surface area (TPSA) is 46.8 Å². The van der Waals surface area contributed by atoms with E-state index in [2.05, 4.69) is 10.9 Å². The average molecular weight is 306 g/mol. The first-order valence-corrected chi connectivity index (χ1v) is 7.44. The quantitative estimate of drug-likeness (QED) is 0.737. The minimum Gasteiger partial charge on any atom is -0.485 e. The van der Waals surface area contributed by atoms with Gasteiger partial charge in [0.05, 0.1) is 24.4 Å². The van der Waals surface area contributed by atoms with Crippen LogP contribution in [-0.4, -0.2) is 14.5 Å². The smallest absolute Gasteiger partial charge is 0.180 e. The number of hydrogen-bond donors (Lipinski definition) is 1. The summed E-state index contributed by atoms with van der Waals surface area (Å²) in [7, 11) is 0. The Kier molecular flexibility index (Phi) is 4.31. The lowest BCUT2D eigenvalue weighted by Crippen LogP contribution is -1.99. The summed E-state index contributed by atoms with van der Waals surface area (Å²) in [4.78, 5) is 4.58. The van der Waals surface area contributed by atoms with E-state index in [0.29, 0.717) is 13.0 Å². The van der Waals surface area contributed by atoms with Crippen LogP contribution >= 0.6 is 0 Å².